The lowest BCUT2D eigenvalue weighted by atomic mass is 10.0. The molecule has 12 aromatic rings. The molecule has 0 radical (unpaired) electrons. The van der Waals surface area contributed by atoms with E-state index in [1.54, 1.807) is 0 Å². The SMILES string of the molecule is c1ccc(-c2ccc(-c3nc(-c4ccc(-c5ccccc5)cc4)nc(-c4ccccc4-n4c5ccccc5c5ccc6oc7c(-c8ccccc8)cccc7c6c54)n3)cc2)cc1. The van der Waals surface area contributed by atoms with Crippen LogP contribution in [0.2, 0.25) is 0 Å². The molecule has 0 saturated heterocycles. The van der Waals surface area contributed by atoms with Gasteiger partial charge in [0.25, 0.3) is 0 Å². The Morgan fingerprint density at radius 1 is 0.323 bits per heavy atom. The molecule has 3 aromatic heterocycles. The van der Waals surface area contributed by atoms with E-state index >= 15 is 0 Å². The second kappa shape index (κ2) is 14.7. The van der Waals surface area contributed by atoms with Gasteiger partial charge in [-0.05, 0) is 58.1 Å². The number of aromatic nitrogens is 4. The van der Waals surface area contributed by atoms with Crippen LogP contribution in [-0.2, 0) is 0 Å². The predicted molar refractivity (Wildman–Crippen MR) is 254 cm³/mol. The smallest absolute Gasteiger partial charge is 0.166 e. The maximum Gasteiger partial charge on any atom is 0.166 e. The van der Waals surface area contributed by atoms with Crippen molar-refractivity contribution >= 4 is 43.7 Å². The van der Waals surface area contributed by atoms with E-state index in [2.05, 4.69) is 205 Å². The summed E-state index contributed by atoms with van der Waals surface area (Å²) in [5.74, 6) is 1.79. The molecule has 0 aliphatic carbocycles. The molecule has 290 valence electrons. The summed E-state index contributed by atoms with van der Waals surface area (Å²) in [6.07, 6.45) is 0. The third-order valence-corrected chi connectivity index (χ3v) is 11.9. The van der Waals surface area contributed by atoms with E-state index in [0.29, 0.717) is 17.5 Å². The number of nitrogens with zero attached hydrogens (tertiary/aromatic N) is 4. The van der Waals surface area contributed by atoms with Crippen molar-refractivity contribution in [1.29, 1.82) is 0 Å². The molecule has 62 heavy (non-hydrogen) atoms. The first-order valence-electron chi connectivity index (χ1n) is 20.9. The van der Waals surface area contributed by atoms with Crippen LogP contribution in [0, 0.1) is 0 Å². The van der Waals surface area contributed by atoms with Gasteiger partial charge in [0.1, 0.15) is 11.2 Å². The third kappa shape index (κ3) is 5.98. The largest absolute Gasteiger partial charge is 0.455 e. The van der Waals surface area contributed by atoms with Crippen LogP contribution < -0.4 is 0 Å². The lowest BCUT2D eigenvalue weighted by Gasteiger charge is -2.15. The standard InChI is InChI=1S/C57H36N4O/c1-4-15-37(16-5-1)39-27-31-42(32-28-39)55-58-56(43-33-29-40(30-34-43)38-17-6-2-7-18-38)60-57(59-55)47-22-11-13-26-50(47)61-49-25-12-10-21-45(49)46-35-36-51-52(53(46)61)48-24-14-23-44(54(48)62-51)41-19-8-3-9-20-41/h1-36H. The van der Waals surface area contributed by atoms with Gasteiger partial charge in [0.2, 0.25) is 0 Å². The normalized spacial score (nSPS) is 11.5. The van der Waals surface area contributed by atoms with Crippen molar-refractivity contribution in [3.8, 4) is 73.2 Å². The van der Waals surface area contributed by atoms with Gasteiger partial charge in [-0.2, -0.15) is 0 Å². The summed E-state index contributed by atoms with van der Waals surface area (Å²) < 4.78 is 9.18. The van der Waals surface area contributed by atoms with E-state index in [4.69, 9.17) is 19.4 Å². The highest BCUT2D eigenvalue weighted by Gasteiger charge is 2.23. The van der Waals surface area contributed by atoms with Crippen molar-refractivity contribution in [2.75, 3.05) is 0 Å². The molecule has 0 bridgehead atoms. The van der Waals surface area contributed by atoms with E-state index in [1.165, 1.54) is 0 Å². The first-order valence-corrected chi connectivity index (χ1v) is 20.9. The number of fused-ring (bicyclic) bond motifs is 7. The molecule has 9 aromatic carbocycles. The van der Waals surface area contributed by atoms with Crippen molar-refractivity contribution in [3.05, 3.63) is 218 Å². The molecule has 5 nitrogen and oxygen atoms in total. The number of hydrogen-bond acceptors (Lipinski definition) is 4. The molecule has 0 aliphatic heterocycles. The lowest BCUT2D eigenvalue weighted by Crippen LogP contribution is -2.03. The van der Waals surface area contributed by atoms with Gasteiger partial charge in [-0.1, -0.05) is 188 Å². The maximum absolute atomic E-state index is 6.80. The van der Waals surface area contributed by atoms with Crippen LogP contribution in [0.5, 0.6) is 0 Å². The Morgan fingerprint density at radius 3 is 1.45 bits per heavy atom. The highest BCUT2D eigenvalue weighted by atomic mass is 16.3. The van der Waals surface area contributed by atoms with Crippen LogP contribution in [0.1, 0.15) is 0 Å². The average Bonchev–Trinajstić information content (AvgIpc) is 3.91. The summed E-state index contributed by atoms with van der Waals surface area (Å²) in [5, 5.41) is 4.43. The van der Waals surface area contributed by atoms with Crippen LogP contribution in [-0.4, -0.2) is 19.5 Å². The molecule has 3 heterocycles. The number of para-hydroxylation sites is 3. The quantitative estimate of drug-likeness (QED) is 0.161. The van der Waals surface area contributed by atoms with Crippen molar-refractivity contribution in [2.45, 2.75) is 0 Å². The molecular formula is C57H36N4O. The van der Waals surface area contributed by atoms with Crippen LogP contribution in [0.4, 0.5) is 0 Å². The topological polar surface area (TPSA) is 56.7 Å². The molecule has 0 amide bonds. The van der Waals surface area contributed by atoms with Crippen LogP contribution >= 0.6 is 0 Å². The average molecular weight is 793 g/mol. The van der Waals surface area contributed by atoms with Crippen LogP contribution in [0.15, 0.2) is 223 Å². The van der Waals surface area contributed by atoms with Gasteiger partial charge in [0, 0.05) is 38.4 Å². The molecular weight excluding hydrogens is 757 g/mol. The van der Waals surface area contributed by atoms with Crippen LogP contribution in [0.25, 0.3) is 117 Å². The van der Waals surface area contributed by atoms with Crippen molar-refractivity contribution in [3.63, 3.8) is 0 Å². The van der Waals surface area contributed by atoms with Crippen molar-refractivity contribution in [1.82, 2.24) is 19.5 Å². The Balaban J connectivity index is 1.08. The zero-order valence-electron chi connectivity index (χ0n) is 33.5. The summed E-state index contributed by atoms with van der Waals surface area (Å²) >= 11 is 0. The Kier molecular flexibility index (Phi) is 8.42. The number of hydrogen-bond donors (Lipinski definition) is 0. The fraction of sp³-hybridized carbons (Fsp3) is 0. The van der Waals surface area contributed by atoms with Gasteiger partial charge >= 0.3 is 0 Å². The second-order valence-electron chi connectivity index (χ2n) is 15.5. The van der Waals surface area contributed by atoms with E-state index in [1.807, 2.05) is 18.2 Å². The Morgan fingerprint density at radius 2 is 0.806 bits per heavy atom. The van der Waals surface area contributed by atoms with Crippen molar-refractivity contribution in [2.24, 2.45) is 0 Å². The number of benzene rings is 9. The fourth-order valence-electron chi connectivity index (χ4n) is 8.93. The van der Waals surface area contributed by atoms with E-state index in [-0.39, 0.29) is 0 Å². The fourth-order valence-corrected chi connectivity index (χ4v) is 8.93. The van der Waals surface area contributed by atoms with Gasteiger partial charge in [-0.15, -0.1) is 0 Å². The van der Waals surface area contributed by atoms with Crippen molar-refractivity contribution < 1.29 is 4.42 Å². The molecule has 0 unspecified atom stereocenters. The Labute approximate surface area is 357 Å². The van der Waals surface area contributed by atoms with E-state index < -0.39 is 0 Å². The molecule has 0 fully saturated rings. The number of furan rings is 1. The molecule has 0 saturated carbocycles. The molecule has 0 aliphatic rings. The number of rotatable bonds is 7. The minimum Gasteiger partial charge on any atom is -0.455 e. The zero-order chi connectivity index (χ0) is 41.0. The lowest BCUT2D eigenvalue weighted by molar-refractivity contribution is 0.670. The highest BCUT2D eigenvalue weighted by Crippen LogP contribution is 2.44. The van der Waals surface area contributed by atoms with E-state index in [0.717, 1.165) is 99.5 Å². The second-order valence-corrected chi connectivity index (χ2v) is 15.5. The van der Waals surface area contributed by atoms with Gasteiger partial charge in [-0.25, -0.2) is 15.0 Å². The van der Waals surface area contributed by atoms with Crippen LogP contribution in [0.3, 0.4) is 0 Å². The molecule has 0 atom stereocenters. The summed E-state index contributed by atoms with van der Waals surface area (Å²) in [4.78, 5) is 15.7. The van der Waals surface area contributed by atoms with Gasteiger partial charge in [0.15, 0.2) is 17.5 Å². The Bertz CT molecular complexity index is 3490. The summed E-state index contributed by atoms with van der Waals surface area (Å²) in [6, 6.07) is 76.1. The van der Waals surface area contributed by atoms with Gasteiger partial charge in [-0.3, -0.25) is 0 Å². The Hall–Kier alpha value is -8.41. The minimum absolute atomic E-state index is 0.585. The highest BCUT2D eigenvalue weighted by molar-refractivity contribution is 6.25. The molecule has 0 N–H and O–H groups in total. The monoisotopic (exact) mass is 792 g/mol. The first kappa shape index (κ1) is 35.5. The van der Waals surface area contributed by atoms with Gasteiger partial charge < -0.3 is 8.98 Å². The van der Waals surface area contributed by atoms with E-state index in [9.17, 15) is 0 Å². The minimum atomic E-state index is 0.585. The zero-order valence-corrected chi connectivity index (χ0v) is 33.5. The summed E-state index contributed by atoms with van der Waals surface area (Å²) in [7, 11) is 0. The first-order chi connectivity index (χ1) is 30.7. The molecule has 5 heteroatoms. The van der Waals surface area contributed by atoms with Gasteiger partial charge in [0.05, 0.1) is 22.1 Å². The predicted octanol–water partition coefficient (Wildman–Crippen LogP) is 14.9. The molecule has 12 rings (SSSR count). The maximum atomic E-state index is 6.80. The third-order valence-electron chi connectivity index (χ3n) is 11.9. The summed E-state index contributed by atoms with van der Waals surface area (Å²) in [5.41, 5.74) is 14.3. The summed E-state index contributed by atoms with van der Waals surface area (Å²) in [6.45, 7) is 0. The molecule has 0 spiro atoms.